The maximum Gasteiger partial charge on any atom is 0.0746 e. The zero-order chi connectivity index (χ0) is 11.6. The zero-order valence-electron chi connectivity index (χ0n) is 11.3. The van der Waals surface area contributed by atoms with Gasteiger partial charge in [0, 0.05) is 0 Å². The van der Waals surface area contributed by atoms with Crippen molar-refractivity contribution in [2.24, 2.45) is 23.7 Å². The molecule has 1 heteroatoms. The van der Waals surface area contributed by atoms with E-state index in [1.54, 1.807) is 0 Å². The Bertz CT molecular complexity index is 296. The first-order chi connectivity index (χ1) is 7.46. The van der Waals surface area contributed by atoms with Gasteiger partial charge in [-0.1, -0.05) is 13.8 Å². The molecule has 4 fully saturated rings. The maximum absolute atomic E-state index is 6.69. The van der Waals surface area contributed by atoms with Gasteiger partial charge in [0.25, 0.3) is 0 Å². The number of hydrogen-bond donors (Lipinski definition) is 0. The highest BCUT2D eigenvalue weighted by Crippen LogP contribution is 2.60. The van der Waals surface area contributed by atoms with Gasteiger partial charge in [0.1, 0.15) is 0 Å². The van der Waals surface area contributed by atoms with Crippen molar-refractivity contribution in [3.8, 4) is 0 Å². The number of ether oxygens (including phenoxy) is 1. The van der Waals surface area contributed by atoms with Crippen molar-refractivity contribution in [3.05, 3.63) is 0 Å². The second kappa shape index (κ2) is 3.25. The van der Waals surface area contributed by atoms with Crippen LogP contribution in [0.15, 0.2) is 0 Å². The van der Waals surface area contributed by atoms with Crippen LogP contribution in [0.1, 0.15) is 59.8 Å². The highest BCUT2D eigenvalue weighted by atomic mass is 16.5. The van der Waals surface area contributed by atoms with E-state index in [9.17, 15) is 0 Å². The number of hydrogen-bond acceptors (Lipinski definition) is 1. The van der Waals surface area contributed by atoms with Crippen LogP contribution in [0.5, 0.6) is 0 Å². The van der Waals surface area contributed by atoms with E-state index in [0.717, 1.165) is 23.7 Å². The SMILES string of the molecule is CC1CCC23OC(C)(C)C(CCC2C)CC13. The lowest BCUT2D eigenvalue weighted by atomic mass is 9.70. The molecule has 2 heterocycles. The van der Waals surface area contributed by atoms with E-state index < -0.39 is 0 Å². The maximum atomic E-state index is 6.69. The molecule has 2 saturated heterocycles. The monoisotopic (exact) mass is 222 g/mol. The minimum atomic E-state index is 0.130. The van der Waals surface area contributed by atoms with Crippen LogP contribution in [0.2, 0.25) is 0 Å². The summed E-state index contributed by atoms with van der Waals surface area (Å²) in [5.74, 6) is 3.31. The molecular formula is C15H26O. The molecule has 2 saturated carbocycles. The Hall–Kier alpha value is -0.0400. The van der Waals surface area contributed by atoms with Gasteiger partial charge in [0.2, 0.25) is 0 Å². The first-order valence-electron chi connectivity index (χ1n) is 7.16. The fourth-order valence-electron chi connectivity index (χ4n) is 4.92. The fourth-order valence-corrected chi connectivity index (χ4v) is 4.92. The van der Waals surface area contributed by atoms with Crippen molar-refractivity contribution in [2.75, 3.05) is 0 Å². The Morgan fingerprint density at radius 2 is 1.81 bits per heavy atom. The van der Waals surface area contributed by atoms with E-state index >= 15 is 0 Å². The Morgan fingerprint density at radius 3 is 2.56 bits per heavy atom. The Labute approximate surface area is 99.9 Å². The molecule has 4 aliphatic rings. The zero-order valence-corrected chi connectivity index (χ0v) is 11.3. The van der Waals surface area contributed by atoms with Gasteiger partial charge in [-0.3, -0.25) is 0 Å². The molecule has 4 rings (SSSR count). The standard InChI is InChI=1S/C15H26O/c1-10-7-8-15-11(2)5-6-12(9-13(10)15)14(3,4)16-15/h10-13H,5-9H2,1-4H3. The first kappa shape index (κ1) is 11.1. The summed E-state index contributed by atoms with van der Waals surface area (Å²) in [4.78, 5) is 0. The highest BCUT2D eigenvalue weighted by Gasteiger charge is 2.60. The summed E-state index contributed by atoms with van der Waals surface area (Å²) in [6.07, 6.45) is 6.91. The third kappa shape index (κ3) is 1.27. The van der Waals surface area contributed by atoms with E-state index in [1.165, 1.54) is 32.1 Å². The quantitative estimate of drug-likeness (QED) is 0.601. The second-order valence-electron chi connectivity index (χ2n) is 7.19. The molecule has 2 aliphatic carbocycles. The van der Waals surface area contributed by atoms with E-state index in [0.29, 0.717) is 0 Å². The molecule has 1 nitrogen and oxygen atoms in total. The molecule has 5 unspecified atom stereocenters. The third-order valence-electron chi connectivity index (χ3n) is 6.06. The minimum Gasteiger partial charge on any atom is -0.368 e. The predicted octanol–water partition coefficient (Wildman–Crippen LogP) is 4.02. The molecule has 0 N–H and O–H groups in total. The van der Waals surface area contributed by atoms with Crippen molar-refractivity contribution >= 4 is 0 Å². The lowest BCUT2D eigenvalue weighted by molar-refractivity contribution is -0.227. The van der Waals surface area contributed by atoms with Gasteiger partial charge in [0.15, 0.2) is 0 Å². The Morgan fingerprint density at radius 1 is 1.06 bits per heavy atom. The van der Waals surface area contributed by atoms with E-state index in [-0.39, 0.29) is 11.2 Å². The summed E-state index contributed by atoms with van der Waals surface area (Å²) >= 11 is 0. The van der Waals surface area contributed by atoms with Gasteiger partial charge >= 0.3 is 0 Å². The summed E-state index contributed by atoms with van der Waals surface area (Å²) in [5, 5.41) is 0. The summed E-state index contributed by atoms with van der Waals surface area (Å²) in [5.41, 5.74) is 0.376. The largest absolute Gasteiger partial charge is 0.368 e. The van der Waals surface area contributed by atoms with Crippen LogP contribution in [-0.2, 0) is 4.74 Å². The van der Waals surface area contributed by atoms with E-state index in [1.807, 2.05) is 0 Å². The van der Waals surface area contributed by atoms with E-state index in [2.05, 4.69) is 27.7 Å². The average molecular weight is 222 g/mol. The second-order valence-corrected chi connectivity index (χ2v) is 7.19. The van der Waals surface area contributed by atoms with Crippen LogP contribution in [0.3, 0.4) is 0 Å². The van der Waals surface area contributed by atoms with Crippen LogP contribution >= 0.6 is 0 Å². The summed E-state index contributed by atoms with van der Waals surface area (Å²) in [7, 11) is 0. The molecule has 0 amide bonds. The number of rotatable bonds is 0. The van der Waals surface area contributed by atoms with Crippen molar-refractivity contribution < 1.29 is 4.74 Å². The molecule has 0 radical (unpaired) electrons. The molecule has 2 bridgehead atoms. The molecule has 0 aromatic carbocycles. The predicted molar refractivity (Wildman–Crippen MR) is 66.3 cm³/mol. The lowest BCUT2D eigenvalue weighted by Crippen LogP contribution is -2.54. The van der Waals surface area contributed by atoms with Crippen LogP contribution in [0, 0.1) is 23.7 Å². The molecule has 0 aromatic heterocycles. The smallest absolute Gasteiger partial charge is 0.0746 e. The van der Waals surface area contributed by atoms with Crippen LogP contribution in [0.25, 0.3) is 0 Å². The van der Waals surface area contributed by atoms with Gasteiger partial charge in [0.05, 0.1) is 11.2 Å². The molecule has 1 spiro atoms. The van der Waals surface area contributed by atoms with Gasteiger partial charge in [-0.2, -0.15) is 0 Å². The highest BCUT2D eigenvalue weighted by molar-refractivity contribution is 5.09. The fraction of sp³-hybridized carbons (Fsp3) is 1.00. The number of fused-ring (bicyclic) bond motifs is 3. The molecule has 5 atom stereocenters. The summed E-state index contributed by atoms with van der Waals surface area (Å²) in [6, 6.07) is 0. The first-order valence-corrected chi connectivity index (χ1v) is 7.16. The van der Waals surface area contributed by atoms with Gasteiger partial charge in [-0.05, 0) is 69.6 Å². The van der Waals surface area contributed by atoms with Crippen molar-refractivity contribution in [1.82, 2.24) is 0 Å². The van der Waals surface area contributed by atoms with E-state index in [4.69, 9.17) is 4.74 Å². The topological polar surface area (TPSA) is 9.23 Å². The lowest BCUT2D eigenvalue weighted by Gasteiger charge is -2.51. The van der Waals surface area contributed by atoms with Crippen LogP contribution < -0.4 is 0 Å². The average Bonchev–Trinajstić information content (AvgIpc) is 2.38. The molecule has 0 aromatic rings. The Kier molecular flexibility index (Phi) is 2.25. The Balaban J connectivity index is 2.03. The van der Waals surface area contributed by atoms with Gasteiger partial charge in [-0.15, -0.1) is 0 Å². The molecule has 2 aliphatic heterocycles. The minimum absolute atomic E-state index is 0.130. The summed E-state index contributed by atoms with van der Waals surface area (Å²) < 4.78 is 6.69. The molecule has 16 heavy (non-hydrogen) atoms. The van der Waals surface area contributed by atoms with Gasteiger partial charge < -0.3 is 4.74 Å². The van der Waals surface area contributed by atoms with Gasteiger partial charge in [-0.25, -0.2) is 0 Å². The molecular weight excluding hydrogens is 196 g/mol. The van der Waals surface area contributed by atoms with Crippen LogP contribution in [0.4, 0.5) is 0 Å². The molecule has 92 valence electrons. The van der Waals surface area contributed by atoms with Crippen molar-refractivity contribution in [2.45, 2.75) is 71.0 Å². The normalized spacial score (nSPS) is 54.8. The van der Waals surface area contributed by atoms with Crippen molar-refractivity contribution in [1.29, 1.82) is 0 Å². The summed E-state index contributed by atoms with van der Waals surface area (Å²) in [6.45, 7) is 9.55. The van der Waals surface area contributed by atoms with Crippen LogP contribution in [-0.4, -0.2) is 11.2 Å². The third-order valence-corrected chi connectivity index (χ3v) is 6.06. The van der Waals surface area contributed by atoms with Crippen molar-refractivity contribution in [3.63, 3.8) is 0 Å².